The fraction of sp³-hybridized carbons (Fsp3) is 0.571. The molecular weight excluding hydrogens is 264 g/mol. The Morgan fingerprint density at radius 2 is 2.25 bits per heavy atom. The van der Waals surface area contributed by atoms with Crippen LogP contribution in [0.15, 0.2) is 24.3 Å². The molecule has 0 amide bonds. The standard InChI is InChI=1S/C14H19BrO/c1-16-13-6-2-4-11(10-13)5-3-7-14(15)12-8-9-12/h2,4,6,10,12,14H,3,5,7-9H2,1H3. The zero-order valence-electron chi connectivity index (χ0n) is 9.79. The van der Waals surface area contributed by atoms with Gasteiger partial charge in [-0.05, 0) is 55.7 Å². The van der Waals surface area contributed by atoms with Gasteiger partial charge in [-0.25, -0.2) is 0 Å². The monoisotopic (exact) mass is 282 g/mol. The fourth-order valence-corrected chi connectivity index (χ4v) is 2.88. The summed E-state index contributed by atoms with van der Waals surface area (Å²) in [5, 5.41) is 0. The van der Waals surface area contributed by atoms with E-state index in [2.05, 4.69) is 34.1 Å². The first-order chi connectivity index (χ1) is 7.79. The number of hydrogen-bond acceptors (Lipinski definition) is 1. The second-order valence-corrected chi connectivity index (χ2v) is 5.77. The molecule has 0 aromatic heterocycles. The van der Waals surface area contributed by atoms with Crippen LogP contribution >= 0.6 is 15.9 Å². The van der Waals surface area contributed by atoms with E-state index in [1.54, 1.807) is 7.11 Å². The first-order valence-corrected chi connectivity index (χ1v) is 6.98. The molecule has 1 unspecified atom stereocenters. The van der Waals surface area contributed by atoms with Gasteiger partial charge in [-0.2, -0.15) is 0 Å². The van der Waals surface area contributed by atoms with E-state index in [4.69, 9.17) is 4.74 Å². The van der Waals surface area contributed by atoms with Gasteiger partial charge >= 0.3 is 0 Å². The molecule has 0 N–H and O–H groups in total. The third-order valence-electron chi connectivity index (χ3n) is 3.21. The van der Waals surface area contributed by atoms with Crippen molar-refractivity contribution in [2.45, 2.75) is 36.9 Å². The van der Waals surface area contributed by atoms with Crippen molar-refractivity contribution in [1.82, 2.24) is 0 Å². The second-order valence-electron chi connectivity index (χ2n) is 4.60. The molecule has 1 aromatic carbocycles. The van der Waals surface area contributed by atoms with Gasteiger partial charge in [0.15, 0.2) is 0 Å². The molecule has 1 aliphatic rings. The minimum atomic E-state index is 0.748. The SMILES string of the molecule is COc1cccc(CCCC(Br)C2CC2)c1. The van der Waals surface area contributed by atoms with Crippen molar-refractivity contribution in [3.8, 4) is 5.75 Å². The summed E-state index contributed by atoms with van der Waals surface area (Å²) in [5.74, 6) is 1.93. The van der Waals surface area contributed by atoms with Crippen molar-refractivity contribution in [3.05, 3.63) is 29.8 Å². The van der Waals surface area contributed by atoms with Crippen LogP contribution in [0, 0.1) is 5.92 Å². The molecule has 0 heterocycles. The molecular formula is C14H19BrO. The van der Waals surface area contributed by atoms with E-state index in [-0.39, 0.29) is 0 Å². The van der Waals surface area contributed by atoms with Gasteiger partial charge in [0.25, 0.3) is 0 Å². The lowest BCUT2D eigenvalue weighted by atomic mass is 10.1. The van der Waals surface area contributed by atoms with Crippen LogP contribution in [-0.2, 0) is 6.42 Å². The quantitative estimate of drug-likeness (QED) is 0.711. The Morgan fingerprint density at radius 3 is 2.94 bits per heavy atom. The highest BCUT2D eigenvalue weighted by atomic mass is 79.9. The summed E-state index contributed by atoms with van der Waals surface area (Å²) < 4.78 is 5.22. The maximum atomic E-state index is 5.22. The van der Waals surface area contributed by atoms with E-state index in [9.17, 15) is 0 Å². The summed E-state index contributed by atoms with van der Waals surface area (Å²) in [5.41, 5.74) is 1.38. The largest absolute Gasteiger partial charge is 0.497 e. The first-order valence-electron chi connectivity index (χ1n) is 6.06. The van der Waals surface area contributed by atoms with E-state index in [1.165, 1.54) is 31.2 Å². The summed E-state index contributed by atoms with van der Waals surface area (Å²) in [7, 11) is 1.72. The number of halogens is 1. The van der Waals surface area contributed by atoms with Crippen LogP contribution in [0.1, 0.15) is 31.2 Å². The van der Waals surface area contributed by atoms with Crippen LogP contribution in [0.5, 0.6) is 5.75 Å². The lowest BCUT2D eigenvalue weighted by Crippen LogP contribution is -2.00. The molecule has 0 spiro atoms. The predicted molar refractivity (Wildman–Crippen MR) is 71.4 cm³/mol. The van der Waals surface area contributed by atoms with Crippen LogP contribution in [0.3, 0.4) is 0 Å². The van der Waals surface area contributed by atoms with Crippen LogP contribution in [-0.4, -0.2) is 11.9 Å². The van der Waals surface area contributed by atoms with Crippen LogP contribution < -0.4 is 4.74 Å². The van der Waals surface area contributed by atoms with Crippen molar-refractivity contribution in [3.63, 3.8) is 0 Å². The normalized spacial score (nSPS) is 17.1. The Hall–Kier alpha value is -0.500. The van der Waals surface area contributed by atoms with Crippen LogP contribution in [0.4, 0.5) is 0 Å². The van der Waals surface area contributed by atoms with Crippen molar-refractivity contribution in [1.29, 1.82) is 0 Å². The predicted octanol–water partition coefficient (Wildman–Crippen LogP) is 4.19. The topological polar surface area (TPSA) is 9.23 Å². The lowest BCUT2D eigenvalue weighted by molar-refractivity contribution is 0.414. The van der Waals surface area contributed by atoms with Gasteiger partial charge in [0.1, 0.15) is 5.75 Å². The summed E-state index contributed by atoms with van der Waals surface area (Å²) in [4.78, 5) is 0.748. The maximum Gasteiger partial charge on any atom is 0.119 e. The molecule has 0 bridgehead atoms. The number of hydrogen-bond donors (Lipinski definition) is 0. The van der Waals surface area contributed by atoms with Gasteiger partial charge < -0.3 is 4.74 Å². The molecule has 2 rings (SSSR count). The molecule has 1 fully saturated rings. The highest BCUT2D eigenvalue weighted by Gasteiger charge is 2.28. The lowest BCUT2D eigenvalue weighted by Gasteiger charge is -2.08. The van der Waals surface area contributed by atoms with E-state index < -0.39 is 0 Å². The molecule has 0 radical (unpaired) electrons. The number of aryl methyl sites for hydroxylation is 1. The Morgan fingerprint density at radius 1 is 1.44 bits per heavy atom. The molecule has 0 aliphatic heterocycles. The summed E-state index contributed by atoms with van der Waals surface area (Å²) >= 11 is 3.78. The highest BCUT2D eigenvalue weighted by molar-refractivity contribution is 9.09. The van der Waals surface area contributed by atoms with E-state index in [1.807, 2.05) is 6.07 Å². The molecule has 1 saturated carbocycles. The molecule has 1 nitrogen and oxygen atoms in total. The fourth-order valence-electron chi connectivity index (χ4n) is 2.02. The van der Waals surface area contributed by atoms with Crippen LogP contribution in [0.2, 0.25) is 0 Å². The second kappa shape index (κ2) is 5.72. The Kier molecular flexibility index (Phi) is 4.28. The molecule has 2 heteroatoms. The van der Waals surface area contributed by atoms with Crippen molar-refractivity contribution in [2.75, 3.05) is 7.11 Å². The maximum absolute atomic E-state index is 5.22. The van der Waals surface area contributed by atoms with Gasteiger partial charge in [0, 0.05) is 4.83 Å². The van der Waals surface area contributed by atoms with E-state index in [0.717, 1.165) is 22.9 Å². The zero-order chi connectivity index (χ0) is 11.4. The Balaban J connectivity index is 1.75. The summed E-state index contributed by atoms with van der Waals surface area (Å²) in [6.07, 6.45) is 6.57. The van der Waals surface area contributed by atoms with E-state index in [0.29, 0.717) is 0 Å². The van der Waals surface area contributed by atoms with Crippen molar-refractivity contribution >= 4 is 15.9 Å². The van der Waals surface area contributed by atoms with Crippen LogP contribution in [0.25, 0.3) is 0 Å². The van der Waals surface area contributed by atoms with Gasteiger partial charge in [-0.1, -0.05) is 28.1 Å². The average molecular weight is 283 g/mol. The molecule has 0 saturated heterocycles. The molecule has 88 valence electrons. The van der Waals surface area contributed by atoms with Gasteiger partial charge in [0.05, 0.1) is 7.11 Å². The number of ether oxygens (including phenoxy) is 1. The van der Waals surface area contributed by atoms with Gasteiger partial charge in [-0.15, -0.1) is 0 Å². The highest BCUT2D eigenvalue weighted by Crippen LogP contribution is 2.38. The minimum absolute atomic E-state index is 0.748. The summed E-state index contributed by atoms with van der Waals surface area (Å²) in [6, 6.07) is 8.39. The number of benzene rings is 1. The molecule has 1 aromatic rings. The van der Waals surface area contributed by atoms with E-state index >= 15 is 0 Å². The third kappa shape index (κ3) is 3.51. The smallest absolute Gasteiger partial charge is 0.119 e. The zero-order valence-corrected chi connectivity index (χ0v) is 11.4. The Labute approximate surface area is 106 Å². The van der Waals surface area contributed by atoms with Crippen molar-refractivity contribution < 1.29 is 4.74 Å². The first kappa shape index (κ1) is 12.0. The number of methoxy groups -OCH3 is 1. The third-order valence-corrected chi connectivity index (χ3v) is 4.42. The number of alkyl halides is 1. The average Bonchev–Trinajstić information content (AvgIpc) is 3.13. The molecule has 1 atom stereocenters. The van der Waals surface area contributed by atoms with Gasteiger partial charge in [0.2, 0.25) is 0 Å². The van der Waals surface area contributed by atoms with Crippen molar-refractivity contribution in [2.24, 2.45) is 5.92 Å². The molecule has 1 aliphatic carbocycles. The minimum Gasteiger partial charge on any atom is -0.497 e. The Bertz CT molecular complexity index is 333. The summed E-state index contributed by atoms with van der Waals surface area (Å²) in [6.45, 7) is 0. The molecule has 16 heavy (non-hydrogen) atoms. The van der Waals surface area contributed by atoms with Gasteiger partial charge in [-0.3, -0.25) is 0 Å². The number of rotatable bonds is 6.